The largest absolute Gasteiger partial charge is 0.381 e. The Kier molecular flexibility index (Phi) is 7.14. The van der Waals surface area contributed by atoms with E-state index >= 15 is 0 Å². The molecule has 0 aromatic heterocycles. The van der Waals surface area contributed by atoms with Gasteiger partial charge in [0, 0.05) is 13.2 Å². The maximum absolute atomic E-state index is 5.42. The number of hydrogen-bond donors (Lipinski definition) is 1. The van der Waals surface area contributed by atoms with Gasteiger partial charge in [0.05, 0.1) is 0 Å². The summed E-state index contributed by atoms with van der Waals surface area (Å²) in [6.45, 7) is 13.6. The van der Waals surface area contributed by atoms with Crippen LogP contribution in [0.15, 0.2) is 0 Å². The molecule has 2 unspecified atom stereocenters. The van der Waals surface area contributed by atoms with Crippen LogP contribution in [0.2, 0.25) is 0 Å². The monoisotopic (exact) mass is 241 g/mol. The predicted molar refractivity (Wildman–Crippen MR) is 74.2 cm³/mol. The minimum Gasteiger partial charge on any atom is -0.381 e. The molecule has 1 fully saturated rings. The zero-order valence-electron chi connectivity index (χ0n) is 12.2. The molecule has 2 nitrogen and oxygen atoms in total. The van der Waals surface area contributed by atoms with Crippen LogP contribution in [0.25, 0.3) is 0 Å². The Labute approximate surface area is 108 Å². The van der Waals surface area contributed by atoms with Crippen LogP contribution in [0.5, 0.6) is 0 Å². The van der Waals surface area contributed by atoms with Gasteiger partial charge in [0.1, 0.15) is 0 Å². The van der Waals surface area contributed by atoms with Crippen LogP contribution in [0.1, 0.15) is 47.0 Å². The normalized spacial score (nSPS) is 21.7. The van der Waals surface area contributed by atoms with E-state index in [4.69, 9.17) is 4.74 Å². The fraction of sp³-hybridized carbons (Fsp3) is 1.00. The molecule has 2 atom stereocenters. The molecular formula is C15H31NO. The maximum Gasteiger partial charge on any atom is 0.0468 e. The molecule has 0 aromatic carbocycles. The van der Waals surface area contributed by atoms with Gasteiger partial charge in [-0.25, -0.2) is 0 Å². The van der Waals surface area contributed by atoms with Crippen LogP contribution in [-0.2, 0) is 4.74 Å². The van der Waals surface area contributed by atoms with E-state index in [0.717, 1.165) is 43.4 Å². The van der Waals surface area contributed by atoms with Gasteiger partial charge in [-0.1, -0.05) is 27.7 Å². The zero-order valence-corrected chi connectivity index (χ0v) is 12.2. The molecule has 2 heteroatoms. The van der Waals surface area contributed by atoms with E-state index in [1.165, 1.54) is 25.8 Å². The van der Waals surface area contributed by atoms with E-state index < -0.39 is 0 Å². The molecule has 0 radical (unpaired) electrons. The van der Waals surface area contributed by atoms with Crippen LogP contribution in [0.3, 0.4) is 0 Å². The third kappa shape index (κ3) is 6.42. The molecule has 0 spiro atoms. The van der Waals surface area contributed by atoms with Gasteiger partial charge in [-0.3, -0.25) is 0 Å². The second-order valence-electron chi connectivity index (χ2n) is 6.30. The van der Waals surface area contributed by atoms with E-state index in [2.05, 4.69) is 33.0 Å². The first-order chi connectivity index (χ1) is 8.09. The summed E-state index contributed by atoms with van der Waals surface area (Å²) in [5, 5.41) is 3.58. The molecule has 1 aliphatic heterocycles. The molecule has 0 bridgehead atoms. The number of ether oxygens (including phenoxy) is 1. The molecule has 0 aliphatic carbocycles. The highest BCUT2D eigenvalue weighted by Crippen LogP contribution is 2.26. The Hall–Kier alpha value is -0.0800. The summed E-state index contributed by atoms with van der Waals surface area (Å²) in [7, 11) is 0. The van der Waals surface area contributed by atoms with Crippen molar-refractivity contribution in [2.24, 2.45) is 23.7 Å². The van der Waals surface area contributed by atoms with Crippen LogP contribution in [-0.4, -0.2) is 26.3 Å². The topological polar surface area (TPSA) is 21.3 Å². The summed E-state index contributed by atoms with van der Waals surface area (Å²) in [5.74, 6) is 3.29. The molecule has 1 heterocycles. The highest BCUT2D eigenvalue weighted by Gasteiger charge is 2.20. The van der Waals surface area contributed by atoms with E-state index in [0.29, 0.717) is 0 Å². The van der Waals surface area contributed by atoms with E-state index in [1.54, 1.807) is 0 Å². The number of hydrogen-bond acceptors (Lipinski definition) is 2. The lowest BCUT2D eigenvalue weighted by molar-refractivity contribution is 0.0564. The van der Waals surface area contributed by atoms with Gasteiger partial charge in [0.15, 0.2) is 0 Å². The van der Waals surface area contributed by atoms with Crippen molar-refractivity contribution in [2.75, 3.05) is 26.3 Å². The molecule has 0 saturated carbocycles. The first-order valence-corrected chi connectivity index (χ1v) is 7.38. The van der Waals surface area contributed by atoms with Crippen molar-refractivity contribution >= 4 is 0 Å². The van der Waals surface area contributed by atoms with E-state index in [9.17, 15) is 0 Å². The average Bonchev–Trinajstić information content (AvgIpc) is 2.29. The Morgan fingerprint density at radius 1 is 1.00 bits per heavy atom. The quantitative estimate of drug-likeness (QED) is 0.738. The standard InChI is InChI=1S/C15H31NO/c1-12(2)10-16-11-14(4)13(3)9-15-5-7-17-8-6-15/h12-16H,5-11H2,1-4H3. The van der Waals surface area contributed by atoms with E-state index in [1.807, 2.05) is 0 Å². The van der Waals surface area contributed by atoms with Crippen molar-refractivity contribution < 1.29 is 4.74 Å². The number of rotatable bonds is 7. The van der Waals surface area contributed by atoms with Crippen LogP contribution in [0, 0.1) is 23.7 Å². The first kappa shape index (κ1) is 15.0. The summed E-state index contributed by atoms with van der Waals surface area (Å²) in [5.41, 5.74) is 0. The molecular weight excluding hydrogens is 210 g/mol. The Morgan fingerprint density at radius 2 is 1.65 bits per heavy atom. The van der Waals surface area contributed by atoms with Gasteiger partial charge in [0.2, 0.25) is 0 Å². The van der Waals surface area contributed by atoms with Crippen molar-refractivity contribution in [3.05, 3.63) is 0 Å². The van der Waals surface area contributed by atoms with Gasteiger partial charge in [-0.05, 0) is 56.0 Å². The predicted octanol–water partition coefficient (Wildman–Crippen LogP) is 3.32. The van der Waals surface area contributed by atoms with Gasteiger partial charge in [0.25, 0.3) is 0 Å². The second-order valence-corrected chi connectivity index (χ2v) is 6.30. The SMILES string of the molecule is CC(C)CNCC(C)C(C)CC1CCOCC1. The van der Waals surface area contributed by atoms with E-state index in [-0.39, 0.29) is 0 Å². The number of nitrogens with one attached hydrogen (secondary N) is 1. The summed E-state index contributed by atoms with van der Waals surface area (Å²) in [6.07, 6.45) is 3.93. The molecule has 1 saturated heterocycles. The molecule has 1 rings (SSSR count). The third-order valence-corrected chi connectivity index (χ3v) is 4.04. The van der Waals surface area contributed by atoms with Crippen LogP contribution >= 0.6 is 0 Å². The van der Waals surface area contributed by atoms with Crippen LogP contribution < -0.4 is 5.32 Å². The lowest BCUT2D eigenvalue weighted by Crippen LogP contribution is -2.29. The van der Waals surface area contributed by atoms with Crippen LogP contribution in [0.4, 0.5) is 0 Å². The average molecular weight is 241 g/mol. The lowest BCUT2D eigenvalue weighted by atomic mass is 9.83. The minimum absolute atomic E-state index is 0.757. The maximum atomic E-state index is 5.42. The Morgan fingerprint density at radius 3 is 2.24 bits per heavy atom. The summed E-state index contributed by atoms with van der Waals surface area (Å²) >= 11 is 0. The molecule has 0 amide bonds. The fourth-order valence-corrected chi connectivity index (χ4v) is 2.54. The molecule has 0 aromatic rings. The molecule has 102 valence electrons. The van der Waals surface area contributed by atoms with Gasteiger partial charge in [-0.2, -0.15) is 0 Å². The van der Waals surface area contributed by atoms with Gasteiger partial charge < -0.3 is 10.1 Å². The minimum atomic E-state index is 0.757. The summed E-state index contributed by atoms with van der Waals surface area (Å²) in [6, 6.07) is 0. The smallest absolute Gasteiger partial charge is 0.0468 e. The Bertz CT molecular complexity index is 187. The highest BCUT2D eigenvalue weighted by atomic mass is 16.5. The second kappa shape index (κ2) is 8.10. The van der Waals surface area contributed by atoms with Crippen molar-refractivity contribution in [3.63, 3.8) is 0 Å². The van der Waals surface area contributed by atoms with Crippen molar-refractivity contribution in [1.82, 2.24) is 5.32 Å². The fourth-order valence-electron chi connectivity index (χ4n) is 2.54. The summed E-state index contributed by atoms with van der Waals surface area (Å²) < 4.78 is 5.42. The first-order valence-electron chi connectivity index (χ1n) is 7.38. The lowest BCUT2D eigenvalue weighted by Gasteiger charge is -2.28. The van der Waals surface area contributed by atoms with Crippen molar-refractivity contribution in [1.29, 1.82) is 0 Å². The zero-order chi connectivity index (χ0) is 12.7. The highest BCUT2D eigenvalue weighted by molar-refractivity contribution is 4.71. The molecule has 1 N–H and O–H groups in total. The Balaban J connectivity index is 2.14. The third-order valence-electron chi connectivity index (χ3n) is 4.04. The molecule has 17 heavy (non-hydrogen) atoms. The molecule has 1 aliphatic rings. The van der Waals surface area contributed by atoms with Gasteiger partial charge >= 0.3 is 0 Å². The van der Waals surface area contributed by atoms with Gasteiger partial charge in [-0.15, -0.1) is 0 Å². The van der Waals surface area contributed by atoms with Crippen molar-refractivity contribution in [3.8, 4) is 0 Å². The summed E-state index contributed by atoms with van der Waals surface area (Å²) in [4.78, 5) is 0. The van der Waals surface area contributed by atoms with Crippen molar-refractivity contribution in [2.45, 2.75) is 47.0 Å².